The van der Waals surface area contributed by atoms with Crippen LogP contribution in [0.5, 0.6) is 0 Å². The third-order valence-electron chi connectivity index (χ3n) is 2.66. The maximum Gasteiger partial charge on any atom is 0.178 e. The lowest BCUT2D eigenvalue weighted by molar-refractivity contribution is 0.592. The molecule has 0 fully saturated rings. The Bertz CT molecular complexity index is 433. The van der Waals surface area contributed by atoms with Crippen LogP contribution >= 0.6 is 0 Å². The van der Waals surface area contributed by atoms with Gasteiger partial charge in [-0.3, -0.25) is 0 Å². The topological polar surface area (TPSA) is 34.1 Å². The quantitative estimate of drug-likeness (QED) is 0.791. The van der Waals surface area contributed by atoms with E-state index < -0.39 is 9.84 Å². The molecule has 0 aliphatic heterocycles. The summed E-state index contributed by atoms with van der Waals surface area (Å²) in [5.74, 6) is 0.258. The van der Waals surface area contributed by atoms with Gasteiger partial charge in [-0.15, -0.1) is 0 Å². The summed E-state index contributed by atoms with van der Waals surface area (Å²) in [5.41, 5.74) is 1.92. The van der Waals surface area contributed by atoms with Gasteiger partial charge in [-0.2, -0.15) is 0 Å². The zero-order chi connectivity index (χ0) is 11.5. The third-order valence-corrected chi connectivity index (χ3v) is 4.60. The first-order valence-corrected chi connectivity index (χ1v) is 6.93. The minimum Gasteiger partial charge on any atom is -0.224 e. The SMILES string of the molecule is CCCCS(=O)(=O)c1cccc(C)c1C. The van der Waals surface area contributed by atoms with Crippen molar-refractivity contribution in [1.82, 2.24) is 0 Å². The molecule has 0 radical (unpaired) electrons. The standard InChI is InChI=1S/C12H18O2S/c1-4-5-9-15(13,14)12-8-6-7-10(2)11(12)3/h6-8H,4-5,9H2,1-3H3. The normalized spacial score (nSPS) is 11.7. The summed E-state index contributed by atoms with van der Waals surface area (Å²) in [4.78, 5) is 0.496. The largest absolute Gasteiger partial charge is 0.224 e. The summed E-state index contributed by atoms with van der Waals surface area (Å²) in [7, 11) is -3.08. The van der Waals surface area contributed by atoms with E-state index in [0.29, 0.717) is 4.90 Å². The van der Waals surface area contributed by atoms with Crippen LogP contribution < -0.4 is 0 Å². The van der Waals surface area contributed by atoms with E-state index in [1.54, 1.807) is 12.1 Å². The molecule has 0 bridgehead atoms. The first-order valence-electron chi connectivity index (χ1n) is 5.28. The highest BCUT2D eigenvalue weighted by Crippen LogP contribution is 2.20. The van der Waals surface area contributed by atoms with Gasteiger partial charge in [-0.25, -0.2) is 8.42 Å². The molecule has 0 heterocycles. The minimum absolute atomic E-state index is 0.258. The second kappa shape index (κ2) is 4.79. The van der Waals surface area contributed by atoms with E-state index in [1.807, 2.05) is 26.8 Å². The number of sulfone groups is 1. The summed E-state index contributed by atoms with van der Waals surface area (Å²) in [5, 5.41) is 0. The van der Waals surface area contributed by atoms with E-state index in [1.165, 1.54) is 0 Å². The summed E-state index contributed by atoms with van der Waals surface area (Å²) in [6.07, 6.45) is 1.64. The molecule has 0 aliphatic rings. The number of benzene rings is 1. The van der Waals surface area contributed by atoms with Crippen LogP contribution in [0, 0.1) is 13.8 Å². The predicted octanol–water partition coefficient (Wildman–Crippen LogP) is 2.88. The number of unbranched alkanes of at least 4 members (excludes halogenated alkanes) is 1. The predicted molar refractivity (Wildman–Crippen MR) is 62.9 cm³/mol. The first kappa shape index (κ1) is 12.2. The molecule has 1 aromatic rings. The highest BCUT2D eigenvalue weighted by atomic mass is 32.2. The Balaban J connectivity index is 3.10. The molecule has 0 atom stereocenters. The van der Waals surface area contributed by atoms with Crippen LogP contribution in [0.3, 0.4) is 0 Å². The van der Waals surface area contributed by atoms with Crippen molar-refractivity contribution in [3.8, 4) is 0 Å². The molecule has 0 saturated heterocycles. The highest BCUT2D eigenvalue weighted by Gasteiger charge is 2.16. The van der Waals surface area contributed by atoms with Crippen molar-refractivity contribution in [1.29, 1.82) is 0 Å². The lowest BCUT2D eigenvalue weighted by Crippen LogP contribution is -2.08. The molecule has 1 rings (SSSR count). The van der Waals surface area contributed by atoms with Crippen molar-refractivity contribution >= 4 is 9.84 Å². The third kappa shape index (κ3) is 2.81. The summed E-state index contributed by atoms with van der Waals surface area (Å²) in [6.45, 7) is 5.81. The number of hydrogen-bond acceptors (Lipinski definition) is 2. The molecule has 15 heavy (non-hydrogen) atoms. The fraction of sp³-hybridized carbons (Fsp3) is 0.500. The van der Waals surface area contributed by atoms with Gasteiger partial charge in [0.15, 0.2) is 9.84 Å². The minimum atomic E-state index is -3.08. The van der Waals surface area contributed by atoms with Gasteiger partial charge in [0.25, 0.3) is 0 Å². The Morgan fingerprint density at radius 3 is 2.47 bits per heavy atom. The molecular weight excluding hydrogens is 208 g/mol. The summed E-state index contributed by atoms with van der Waals surface area (Å²) in [6, 6.07) is 5.45. The summed E-state index contributed by atoms with van der Waals surface area (Å²) < 4.78 is 23.9. The van der Waals surface area contributed by atoms with E-state index >= 15 is 0 Å². The Hall–Kier alpha value is -0.830. The van der Waals surface area contributed by atoms with Crippen molar-refractivity contribution in [2.75, 3.05) is 5.75 Å². The molecule has 0 amide bonds. The molecule has 2 nitrogen and oxygen atoms in total. The van der Waals surface area contributed by atoms with Crippen LogP contribution in [0.25, 0.3) is 0 Å². The van der Waals surface area contributed by atoms with Crippen molar-refractivity contribution in [2.24, 2.45) is 0 Å². The number of hydrogen-bond donors (Lipinski definition) is 0. The zero-order valence-electron chi connectivity index (χ0n) is 9.58. The molecule has 0 aromatic heterocycles. The molecule has 3 heteroatoms. The van der Waals surface area contributed by atoms with Crippen molar-refractivity contribution in [3.63, 3.8) is 0 Å². The van der Waals surface area contributed by atoms with Gasteiger partial charge in [0.05, 0.1) is 10.6 Å². The second-order valence-electron chi connectivity index (χ2n) is 3.87. The van der Waals surface area contributed by atoms with Crippen LogP contribution in [-0.4, -0.2) is 14.2 Å². The van der Waals surface area contributed by atoms with E-state index in [0.717, 1.165) is 24.0 Å². The fourth-order valence-electron chi connectivity index (χ4n) is 1.51. The molecule has 0 aliphatic carbocycles. The first-order chi connectivity index (χ1) is 6.99. The second-order valence-corrected chi connectivity index (χ2v) is 5.95. The summed E-state index contributed by atoms with van der Waals surface area (Å²) >= 11 is 0. The molecule has 1 aromatic carbocycles. The van der Waals surface area contributed by atoms with Crippen LogP contribution in [-0.2, 0) is 9.84 Å². The average Bonchev–Trinajstić information content (AvgIpc) is 2.19. The van der Waals surface area contributed by atoms with Gasteiger partial charge in [-0.1, -0.05) is 25.5 Å². The van der Waals surface area contributed by atoms with Gasteiger partial charge >= 0.3 is 0 Å². The molecule has 0 saturated carbocycles. The van der Waals surface area contributed by atoms with Crippen LogP contribution in [0.15, 0.2) is 23.1 Å². The Kier molecular flexibility index (Phi) is 3.91. The smallest absolute Gasteiger partial charge is 0.178 e. The van der Waals surface area contributed by atoms with Gasteiger partial charge in [0, 0.05) is 0 Å². The number of rotatable bonds is 4. The lowest BCUT2D eigenvalue weighted by Gasteiger charge is -2.08. The number of aryl methyl sites for hydroxylation is 1. The van der Waals surface area contributed by atoms with E-state index in [-0.39, 0.29) is 5.75 Å². The van der Waals surface area contributed by atoms with Gasteiger partial charge < -0.3 is 0 Å². The molecule has 0 spiro atoms. The van der Waals surface area contributed by atoms with E-state index in [9.17, 15) is 8.42 Å². The van der Waals surface area contributed by atoms with Crippen LogP contribution in [0.4, 0.5) is 0 Å². The lowest BCUT2D eigenvalue weighted by atomic mass is 10.1. The van der Waals surface area contributed by atoms with Crippen LogP contribution in [0.2, 0.25) is 0 Å². The molecule has 0 N–H and O–H groups in total. The van der Waals surface area contributed by atoms with E-state index in [2.05, 4.69) is 0 Å². The molecular formula is C12H18O2S. The highest BCUT2D eigenvalue weighted by molar-refractivity contribution is 7.91. The Morgan fingerprint density at radius 1 is 1.20 bits per heavy atom. The Morgan fingerprint density at radius 2 is 1.87 bits per heavy atom. The van der Waals surface area contributed by atoms with Gasteiger partial charge in [0.2, 0.25) is 0 Å². The fourth-order valence-corrected chi connectivity index (χ4v) is 3.31. The monoisotopic (exact) mass is 226 g/mol. The molecule has 0 unspecified atom stereocenters. The maximum atomic E-state index is 12.0. The van der Waals surface area contributed by atoms with Crippen molar-refractivity contribution in [2.45, 2.75) is 38.5 Å². The van der Waals surface area contributed by atoms with Gasteiger partial charge in [0.1, 0.15) is 0 Å². The van der Waals surface area contributed by atoms with Crippen molar-refractivity contribution < 1.29 is 8.42 Å². The van der Waals surface area contributed by atoms with Gasteiger partial charge in [-0.05, 0) is 37.5 Å². The van der Waals surface area contributed by atoms with Crippen LogP contribution in [0.1, 0.15) is 30.9 Å². The average molecular weight is 226 g/mol. The maximum absolute atomic E-state index is 12.0. The van der Waals surface area contributed by atoms with Crippen molar-refractivity contribution in [3.05, 3.63) is 29.3 Å². The van der Waals surface area contributed by atoms with E-state index in [4.69, 9.17) is 0 Å². The zero-order valence-corrected chi connectivity index (χ0v) is 10.4. The Labute approximate surface area is 92.2 Å². The molecule has 84 valence electrons.